The lowest BCUT2D eigenvalue weighted by Gasteiger charge is -1.31. The van der Waals surface area contributed by atoms with Gasteiger partial charge < -0.3 is 11.1 Å². The summed E-state index contributed by atoms with van der Waals surface area (Å²) in [7, 11) is 0. The molecule has 0 aromatic carbocycles. The molecule has 0 atom stereocenters. The van der Waals surface area contributed by atoms with E-state index in [2.05, 4.69) is 0 Å². The van der Waals surface area contributed by atoms with Crippen molar-refractivity contribution in [3.63, 3.8) is 0 Å². The maximum atomic E-state index is 6.75. The second kappa shape index (κ2) is 41.3. The molecule has 4 heavy (non-hydrogen) atoms. The van der Waals surface area contributed by atoms with E-state index in [-0.39, 0.29) is 7.43 Å². The average Bonchev–Trinajstić information content (AvgIpc) is 0.918. The van der Waals surface area contributed by atoms with E-state index in [1.165, 1.54) is 4.91 Å². The van der Waals surface area contributed by atoms with Crippen LogP contribution in [0.4, 0.5) is 0 Å². The molecule has 0 saturated heterocycles. The highest BCUT2D eigenvalue weighted by Gasteiger charge is 0.689. The van der Waals surface area contributed by atoms with Crippen LogP contribution in [0.25, 0.3) is 16.0 Å². The molecule has 0 heterocycles. The summed E-state index contributed by atoms with van der Waals surface area (Å²) in [5.74, 6) is 0. The Morgan fingerprint density at radius 2 is 1.25 bits per heavy atom. The molecule has 0 N–H and O–H groups in total. The van der Waals surface area contributed by atoms with Gasteiger partial charge in [-0.3, -0.25) is 4.91 Å². The van der Waals surface area contributed by atoms with Crippen LogP contribution in [0.5, 0.6) is 0 Å². The van der Waals surface area contributed by atoms with Crippen LogP contribution in [0.15, 0.2) is 0 Å². The molecule has 0 unspecified atom stereocenters. The highest BCUT2D eigenvalue weighted by molar-refractivity contribution is 4.36. The van der Waals surface area contributed by atoms with Gasteiger partial charge in [0.1, 0.15) is 0 Å². The van der Waals surface area contributed by atoms with Crippen molar-refractivity contribution in [1.29, 1.82) is 0 Å². The normalized spacial score (nSPS) is 2.00. The fourth-order valence-corrected chi connectivity index (χ4v) is 0. The third kappa shape index (κ3) is 0.264. The maximum Gasteiger partial charge on any atom is -0.0776 e. The molecule has 0 aliphatic heterocycles. The first-order valence-electron chi connectivity index (χ1n) is 0.400. The summed E-state index contributed by atoms with van der Waals surface area (Å²) in [5.41, 5.74) is 13.5. The number of rotatable bonds is 0. The molecule has 0 rings (SSSR count). The molecule has 0 aliphatic rings. The van der Waals surface area contributed by atoms with Crippen LogP contribution in [-0.2, 0) is 0 Å². The smallest absolute Gasteiger partial charge is 0.0776 e. The topological polar surface area (TPSA) is 58.7 Å². The summed E-state index contributed by atoms with van der Waals surface area (Å²) in [6.07, 6.45) is 0. The Kier molecular flexibility index (Phi) is 106. The van der Waals surface area contributed by atoms with Gasteiger partial charge in [0.05, 0.1) is 0 Å². The van der Waals surface area contributed by atoms with Crippen molar-refractivity contribution in [2.75, 3.05) is 0 Å². The van der Waals surface area contributed by atoms with E-state index < -0.39 is 0 Å². The number of hydrogen-bond acceptors (Lipinski definition) is 0. The van der Waals surface area contributed by atoms with Crippen molar-refractivity contribution in [1.82, 2.24) is 0 Å². The van der Waals surface area contributed by atoms with Gasteiger partial charge in [0.15, 0.2) is 0 Å². The Bertz CT molecular complexity index is 24.3. The minimum absolute atomic E-state index is 0. The Morgan fingerprint density at radius 3 is 1.25 bits per heavy atom. The van der Waals surface area contributed by atoms with E-state index in [0.29, 0.717) is 0 Å². The Hall–Kier alpha value is -0.690. The SMILES string of the molecule is C.[N-]=[N+]=[N-]. The van der Waals surface area contributed by atoms with E-state index in [9.17, 15) is 0 Å². The Morgan fingerprint density at radius 1 is 1.25 bits per heavy atom. The van der Waals surface area contributed by atoms with Crippen LogP contribution < -0.4 is 0 Å². The summed E-state index contributed by atoms with van der Waals surface area (Å²) in [6.45, 7) is 0. The molecule has 0 bridgehead atoms. The van der Waals surface area contributed by atoms with Crippen LogP contribution in [0, 0.1) is 0 Å². The minimum atomic E-state index is 0. The monoisotopic (exact) mass is 58.0 g/mol. The molecule has 3 heteroatoms. The van der Waals surface area contributed by atoms with Crippen LogP contribution in [0.2, 0.25) is 0 Å². The summed E-state index contributed by atoms with van der Waals surface area (Å²) in [5, 5.41) is 0. The van der Waals surface area contributed by atoms with Crippen LogP contribution in [-0.4, -0.2) is 0 Å². The highest BCUT2D eigenvalue weighted by atomic mass is 15.0. The lowest BCUT2D eigenvalue weighted by Crippen LogP contribution is -0.711. The molecular formula is CH4N3-. The van der Waals surface area contributed by atoms with Gasteiger partial charge in [0.2, 0.25) is 0 Å². The Labute approximate surface area is 24.7 Å². The number of hydrogen-bond donors (Lipinski definition) is 0. The van der Waals surface area contributed by atoms with Gasteiger partial charge in [-0.2, -0.15) is 0 Å². The lowest BCUT2D eigenvalue weighted by molar-refractivity contribution is 2.36. The quantitative estimate of drug-likeness (QED) is 0.230. The maximum absolute atomic E-state index is 6.75. The molecule has 0 aliphatic carbocycles. The Balaban J connectivity index is 0. The van der Waals surface area contributed by atoms with Crippen molar-refractivity contribution >= 4 is 0 Å². The lowest BCUT2D eigenvalue weighted by atomic mass is 12.0. The van der Waals surface area contributed by atoms with Crippen molar-refractivity contribution in [3.8, 4) is 0 Å². The second-order valence-electron chi connectivity index (χ2n) is 0.0894. The van der Waals surface area contributed by atoms with E-state index in [1.54, 1.807) is 0 Å². The molecule has 0 amide bonds. The van der Waals surface area contributed by atoms with Crippen LogP contribution in [0.3, 0.4) is 0 Å². The van der Waals surface area contributed by atoms with Gasteiger partial charge in [-0.1, -0.05) is 7.43 Å². The standard InChI is InChI=1S/CH4.N3/c;1-3-2/h1H4;/q;-1. The zero-order valence-electron chi connectivity index (χ0n) is 1.34. The fourth-order valence-electron chi connectivity index (χ4n) is 0. The summed E-state index contributed by atoms with van der Waals surface area (Å²) >= 11 is 0. The largest absolute Gasteiger partial charge is 0.373 e. The first-order chi connectivity index (χ1) is 1.41. The van der Waals surface area contributed by atoms with Crippen molar-refractivity contribution in [3.05, 3.63) is 16.0 Å². The summed E-state index contributed by atoms with van der Waals surface area (Å²) < 4.78 is 0. The molecule has 0 saturated carbocycles. The molecular weight excluding hydrogens is 54.0 g/mol. The molecule has 0 radical (unpaired) electrons. The first-order valence-corrected chi connectivity index (χ1v) is 0.400. The van der Waals surface area contributed by atoms with Gasteiger partial charge in [-0.15, -0.1) is 0 Å². The van der Waals surface area contributed by atoms with Gasteiger partial charge in [0, 0.05) is 0 Å². The van der Waals surface area contributed by atoms with E-state index in [1.807, 2.05) is 0 Å². The summed E-state index contributed by atoms with van der Waals surface area (Å²) in [4.78, 5) is 1.50. The minimum Gasteiger partial charge on any atom is -0.373 e. The van der Waals surface area contributed by atoms with Crippen molar-refractivity contribution in [2.45, 2.75) is 7.43 Å². The van der Waals surface area contributed by atoms with Crippen molar-refractivity contribution in [2.24, 2.45) is 0 Å². The average molecular weight is 58.1 g/mol. The molecule has 0 aromatic rings. The molecule has 0 spiro atoms. The van der Waals surface area contributed by atoms with E-state index in [4.69, 9.17) is 11.1 Å². The fraction of sp³-hybridized carbons (Fsp3) is 1.00. The van der Waals surface area contributed by atoms with Gasteiger partial charge in [0.25, 0.3) is 0 Å². The van der Waals surface area contributed by atoms with E-state index >= 15 is 0 Å². The van der Waals surface area contributed by atoms with Gasteiger partial charge in [-0.25, -0.2) is 0 Å². The van der Waals surface area contributed by atoms with E-state index in [0.717, 1.165) is 0 Å². The summed E-state index contributed by atoms with van der Waals surface area (Å²) in [6, 6.07) is 0. The third-order valence-corrected chi connectivity index (χ3v) is 0. The second-order valence-corrected chi connectivity index (χ2v) is 0.0894. The first kappa shape index (κ1) is 10.3. The zero-order valence-corrected chi connectivity index (χ0v) is 1.34. The van der Waals surface area contributed by atoms with Gasteiger partial charge in [-0.05, 0) is 0 Å². The predicted molar refractivity (Wildman–Crippen MR) is 16.8 cm³/mol. The predicted octanol–water partition coefficient (Wildman–Crippen LogP) is 1.50. The molecule has 24 valence electrons. The van der Waals surface area contributed by atoms with Crippen molar-refractivity contribution < 1.29 is 0 Å². The third-order valence-electron chi connectivity index (χ3n) is 0. The number of nitrogens with zero attached hydrogens (tertiary/aromatic N) is 3. The molecule has 0 fully saturated rings. The van der Waals surface area contributed by atoms with Gasteiger partial charge >= 0.3 is 0 Å². The molecule has 3 nitrogen and oxygen atoms in total. The van der Waals surface area contributed by atoms with Crippen LogP contribution >= 0.6 is 0 Å². The highest BCUT2D eigenvalue weighted by Crippen LogP contribution is 1.29. The molecule has 0 aromatic heterocycles. The zero-order chi connectivity index (χ0) is 2.71. The van der Waals surface area contributed by atoms with Crippen LogP contribution in [0.1, 0.15) is 7.43 Å².